The Morgan fingerprint density at radius 3 is 2.29 bits per heavy atom. The van der Waals surface area contributed by atoms with E-state index in [0.29, 0.717) is 11.3 Å². The van der Waals surface area contributed by atoms with Crippen LogP contribution in [0.3, 0.4) is 0 Å². The normalized spacial score (nSPS) is 16.3. The van der Waals surface area contributed by atoms with Gasteiger partial charge in [0.25, 0.3) is 5.91 Å². The highest BCUT2D eigenvalue weighted by atomic mass is 16.5. The zero-order valence-electron chi connectivity index (χ0n) is 20.2. The largest absolute Gasteiger partial charge is 0.497 e. The molecule has 34 heavy (non-hydrogen) atoms. The fourth-order valence-corrected chi connectivity index (χ4v) is 4.72. The van der Waals surface area contributed by atoms with E-state index in [9.17, 15) is 4.79 Å². The molecular formula is C28H32N2O4. The summed E-state index contributed by atoms with van der Waals surface area (Å²) < 4.78 is 16.4. The standard InChI is InChI=1S/C28H32N2O4/c1-19(29-28(31)21-10-12-23(32-2)13-11-21)27-24-17-26(34-4)25(33-3)16-22(24)14-15-30(27)18-20-8-6-5-7-9-20/h5-13,16-17,19,27H,14-15,18H2,1-4H3,(H,29,31). The first-order valence-electron chi connectivity index (χ1n) is 11.5. The fraction of sp³-hybridized carbons (Fsp3) is 0.321. The third kappa shape index (κ3) is 5.02. The molecule has 2 atom stereocenters. The molecule has 1 aliphatic heterocycles. The zero-order chi connectivity index (χ0) is 24.1. The van der Waals surface area contributed by atoms with Crippen LogP contribution >= 0.6 is 0 Å². The molecule has 3 aromatic carbocycles. The lowest BCUT2D eigenvalue weighted by Gasteiger charge is -2.41. The van der Waals surface area contributed by atoms with Crippen molar-refractivity contribution in [2.45, 2.75) is 32.0 Å². The van der Waals surface area contributed by atoms with Gasteiger partial charge in [0.15, 0.2) is 11.5 Å². The number of carbonyl (C=O) groups excluding carboxylic acids is 1. The molecule has 6 heteroatoms. The predicted octanol–water partition coefficient (Wildman–Crippen LogP) is 4.63. The van der Waals surface area contributed by atoms with Crippen LogP contribution in [0.15, 0.2) is 66.7 Å². The molecule has 0 aromatic heterocycles. The van der Waals surface area contributed by atoms with Crippen LogP contribution in [0.2, 0.25) is 0 Å². The molecule has 1 N–H and O–H groups in total. The van der Waals surface area contributed by atoms with Gasteiger partial charge < -0.3 is 19.5 Å². The topological polar surface area (TPSA) is 60.0 Å². The Kier molecular flexibility index (Phi) is 7.38. The van der Waals surface area contributed by atoms with Gasteiger partial charge in [-0.05, 0) is 66.4 Å². The summed E-state index contributed by atoms with van der Waals surface area (Å²) in [4.78, 5) is 15.5. The van der Waals surface area contributed by atoms with Crippen molar-refractivity contribution in [1.82, 2.24) is 10.2 Å². The lowest BCUT2D eigenvalue weighted by atomic mass is 9.87. The smallest absolute Gasteiger partial charge is 0.251 e. The lowest BCUT2D eigenvalue weighted by Crippen LogP contribution is -2.47. The van der Waals surface area contributed by atoms with Crippen molar-refractivity contribution < 1.29 is 19.0 Å². The molecule has 178 valence electrons. The summed E-state index contributed by atoms with van der Waals surface area (Å²) in [5, 5.41) is 3.23. The molecule has 2 unspecified atom stereocenters. The number of methoxy groups -OCH3 is 3. The van der Waals surface area contributed by atoms with Crippen molar-refractivity contribution in [3.63, 3.8) is 0 Å². The van der Waals surface area contributed by atoms with Crippen LogP contribution in [0.5, 0.6) is 17.2 Å². The van der Waals surface area contributed by atoms with Crippen molar-refractivity contribution >= 4 is 5.91 Å². The Morgan fingerprint density at radius 2 is 1.65 bits per heavy atom. The molecule has 0 saturated carbocycles. The van der Waals surface area contributed by atoms with E-state index in [-0.39, 0.29) is 18.0 Å². The first-order chi connectivity index (χ1) is 16.5. The zero-order valence-corrected chi connectivity index (χ0v) is 20.2. The van der Waals surface area contributed by atoms with Crippen LogP contribution in [0.25, 0.3) is 0 Å². The first-order valence-corrected chi connectivity index (χ1v) is 11.5. The van der Waals surface area contributed by atoms with E-state index in [4.69, 9.17) is 14.2 Å². The number of benzene rings is 3. The number of nitrogens with zero attached hydrogens (tertiary/aromatic N) is 1. The molecule has 0 saturated heterocycles. The molecule has 0 aliphatic carbocycles. The van der Waals surface area contributed by atoms with Crippen LogP contribution in [0.4, 0.5) is 0 Å². The number of rotatable bonds is 8. The van der Waals surface area contributed by atoms with Gasteiger partial charge in [0, 0.05) is 24.7 Å². The van der Waals surface area contributed by atoms with E-state index < -0.39 is 0 Å². The highest BCUT2D eigenvalue weighted by Gasteiger charge is 2.34. The van der Waals surface area contributed by atoms with Crippen molar-refractivity contribution in [2.75, 3.05) is 27.9 Å². The van der Waals surface area contributed by atoms with Gasteiger partial charge in [-0.1, -0.05) is 30.3 Å². The minimum Gasteiger partial charge on any atom is -0.497 e. The summed E-state index contributed by atoms with van der Waals surface area (Å²) in [5.41, 5.74) is 4.22. The molecule has 0 bridgehead atoms. The molecule has 4 rings (SSSR count). The second kappa shape index (κ2) is 10.6. The molecule has 1 heterocycles. The number of carbonyl (C=O) groups is 1. The third-order valence-electron chi connectivity index (χ3n) is 6.44. The van der Waals surface area contributed by atoms with Crippen LogP contribution in [0.1, 0.15) is 40.0 Å². The molecule has 0 radical (unpaired) electrons. The summed E-state index contributed by atoms with van der Waals surface area (Å²) in [6.07, 6.45) is 0.901. The molecule has 1 aliphatic rings. The number of fused-ring (bicyclic) bond motifs is 1. The van der Waals surface area contributed by atoms with Crippen LogP contribution in [-0.2, 0) is 13.0 Å². The van der Waals surface area contributed by atoms with E-state index in [1.165, 1.54) is 11.1 Å². The van der Waals surface area contributed by atoms with E-state index in [2.05, 4.69) is 53.5 Å². The Bertz CT molecular complexity index is 1120. The van der Waals surface area contributed by atoms with Crippen molar-refractivity contribution in [3.05, 3.63) is 89.0 Å². The second-order valence-electron chi connectivity index (χ2n) is 8.55. The molecule has 0 fully saturated rings. The van der Waals surface area contributed by atoms with Crippen molar-refractivity contribution in [1.29, 1.82) is 0 Å². The summed E-state index contributed by atoms with van der Waals surface area (Å²) in [7, 11) is 4.92. The lowest BCUT2D eigenvalue weighted by molar-refractivity contribution is 0.0877. The van der Waals surface area contributed by atoms with Gasteiger partial charge in [-0.3, -0.25) is 9.69 Å². The monoisotopic (exact) mass is 460 g/mol. The Hall–Kier alpha value is -3.51. The van der Waals surface area contributed by atoms with Crippen LogP contribution in [-0.4, -0.2) is 44.7 Å². The van der Waals surface area contributed by atoms with Gasteiger partial charge in [-0.25, -0.2) is 0 Å². The van der Waals surface area contributed by atoms with E-state index >= 15 is 0 Å². The number of amides is 1. The molecule has 6 nitrogen and oxygen atoms in total. The summed E-state index contributed by atoms with van der Waals surface area (Å²) in [6.45, 7) is 3.74. The highest BCUT2D eigenvalue weighted by molar-refractivity contribution is 5.94. The highest BCUT2D eigenvalue weighted by Crippen LogP contribution is 2.40. The number of hydrogen-bond donors (Lipinski definition) is 1. The molecular weight excluding hydrogens is 428 g/mol. The Labute approximate surface area is 201 Å². The van der Waals surface area contributed by atoms with Gasteiger partial charge in [-0.15, -0.1) is 0 Å². The number of nitrogens with one attached hydrogen (secondary N) is 1. The van der Waals surface area contributed by atoms with Gasteiger partial charge >= 0.3 is 0 Å². The minimum atomic E-state index is -0.143. The van der Waals surface area contributed by atoms with Crippen molar-refractivity contribution in [2.24, 2.45) is 0 Å². The van der Waals surface area contributed by atoms with Crippen LogP contribution in [0, 0.1) is 0 Å². The molecule has 3 aromatic rings. The summed E-state index contributed by atoms with van der Waals surface area (Å²) in [6, 6.07) is 21.6. The van der Waals surface area contributed by atoms with E-state index in [1.54, 1.807) is 45.6 Å². The first kappa shape index (κ1) is 23.6. The van der Waals surface area contributed by atoms with Gasteiger partial charge in [0.1, 0.15) is 5.75 Å². The van der Waals surface area contributed by atoms with Crippen LogP contribution < -0.4 is 19.5 Å². The Morgan fingerprint density at radius 1 is 0.971 bits per heavy atom. The maximum atomic E-state index is 13.1. The Balaban J connectivity index is 1.65. The van der Waals surface area contributed by atoms with E-state index in [0.717, 1.165) is 36.6 Å². The number of ether oxygens (including phenoxy) is 3. The average molecular weight is 461 g/mol. The maximum absolute atomic E-state index is 13.1. The second-order valence-corrected chi connectivity index (χ2v) is 8.55. The maximum Gasteiger partial charge on any atom is 0.251 e. The third-order valence-corrected chi connectivity index (χ3v) is 6.44. The fourth-order valence-electron chi connectivity index (χ4n) is 4.72. The molecule has 1 amide bonds. The van der Waals surface area contributed by atoms with Gasteiger partial charge in [0.2, 0.25) is 0 Å². The summed E-state index contributed by atoms with van der Waals surface area (Å²) in [5.74, 6) is 2.04. The SMILES string of the molecule is COc1ccc(C(=O)NC(C)C2c3cc(OC)c(OC)cc3CCN2Cc2ccccc2)cc1. The average Bonchev–Trinajstić information content (AvgIpc) is 2.88. The van der Waals surface area contributed by atoms with E-state index in [1.807, 2.05) is 6.07 Å². The quantitative estimate of drug-likeness (QED) is 0.531. The molecule has 0 spiro atoms. The minimum absolute atomic E-state index is 0.0223. The summed E-state index contributed by atoms with van der Waals surface area (Å²) >= 11 is 0. The van der Waals surface area contributed by atoms with Gasteiger partial charge in [0.05, 0.1) is 27.4 Å². The van der Waals surface area contributed by atoms with Crippen molar-refractivity contribution in [3.8, 4) is 17.2 Å². The number of hydrogen-bond acceptors (Lipinski definition) is 5. The van der Waals surface area contributed by atoms with Gasteiger partial charge in [-0.2, -0.15) is 0 Å². The predicted molar refractivity (Wildman–Crippen MR) is 133 cm³/mol.